The minimum atomic E-state index is -1.06. The van der Waals surface area contributed by atoms with E-state index in [1.54, 1.807) is 0 Å². The molecule has 0 saturated heterocycles. The fourth-order valence-electron chi connectivity index (χ4n) is 3.04. The van der Waals surface area contributed by atoms with E-state index in [0.29, 0.717) is 6.73 Å². The molecule has 2 N–H and O–H groups in total. The Labute approximate surface area is 151 Å². The summed E-state index contributed by atoms with van der Waals surface area (Å²) in [7, 11) is -1.06. The molecule has 25 heavy (non-hydrogen) atoms. The third-order valence-corrected chi connectivity index (χ3v) is 6.51. The van der Waals surface area contributed by atoms with Crippen molar-refractivity contribution in [2.45, 2.75) is 58.6 Å². The Kier molecular flexibility index (Phi) is 6.40. The highest BCUT2D eigenvalue weighted by atomic mass is 28.3. The third kappa shape index (κ3) is 5.15. The Bertz CT molecular complexity index is 721. The van der Waals surface area contributed by atoms with Gasteiger partial charge in [-0.05, 0) is 36.1 Å². The van der Waals surface area contributed by atoms with E-state index in [0.717, 1.165) is 35.7 Å². The molecule has 2 atom stereocenters. The minimum Gasteiger partial charge on any atom is -0.369 e. The summed E-state index contributed by atoms with van der Waals surface area (Å²) in [5.74, 6) is -0.300. The number of ether oxygens (including phenoxy) is 1. The number of imidazole rings is 1. The van der Waals surface area contributed by atoms with Crippen molar-refractivity contribution in [3.8, 4) is 0 Å². The number of primary amides is 1. The molecule has 1 amide bonds. The lowest BCUT2D eigenvalue weighted by Crippen LogP contribution is -2.27. The zero-order chi connectivity index (χ0) is 18.6. The summed E-state index contributed by atoms with van der Waals surface area (Å²) in [6, 6.07) is 7.35. The second-order valence-electron chi connectivity index (χ2n) is 8.02. The summed E-state index contributed by atoms with van der Waals surface area (Å²) in [6.07, 6.45) is 2.56. The molecular formula is C19H31N3O2Si. The van der Waals surface area contributed by atoms with Crippen molar-refractivity contribution in [2.24, 2.45) is 11.7 Å². The molecule has 2 aromatic rings. The third-order valence-electron chi connectivity index (χ3n) is 4.81. The minimum absolute atomic E-state index is 0.0880. The van der Waals surface area contributed by atoms with Crippen LogP contribution in [0.3, 0.4) is 0 Å². The maximum absolute atomic E-state index is 11.6. The zero-order valence-electron chi connectivity index (χ0n) is 16.1. The molecule has 0 saturated carbocycles. The molecule has 1 aromatic carbocycles. The largest absolute Gasteiger partial charge is 0.369 e. The lowest BCUT2D eigenvalue weighted by molar-refractivity contribution is -0.122. The van der Waals surface area contributed by atoms with Gasteiger partial charge in [-0.15, -0.1) is 0 Å². The average Bonchev–Trinajstić information content (AvgIpc) is 2.93. The number of amides is 1. The molecule has 5 nitrogen and oxygen atoms in total. The van der Waals surface area contributed by atoms with Crippen molar-refractivity contribution in [2.75, 3.05) is 6.61 Å². The number of carbonyl (C=O) groups excluding carboxylic acids is 1. The number of hydrogen-bond acceptors (Lipinski definition) is 3. The van der Waals surface area contributed by atoms with E-state index in [2.05, 4.69) is 49.7 Å². The van der Waals surface area contributed by atoms with E-state index in [-0.39, 0.29) is 17.7 Å². The molecule has 138 valence electrons. The van der Waals surface area contributed by atoms with Crippen LogP contribution in [0.4, 0.5) is 0 Å². The molecule has 0 aliphatic rings. The molecule has 0 bridgehead atoms. The summed E-state index contributed by atoms with van der Waals surface area (Å²) in [4.78, 5) is 16.1. The monoisotopic (exact) mass is 361 g/mol. The number of rotatable bonds is 9. The second-order valence-corrected chi connectivity index (χ2v) is 13.6. The Balaban J connectivity index is 2.09. The number of hydrogen-bond donors (Lipinski definition) is 1. The van der Waals surface area contributed by atoms with Crippen LogP contribution in [0.2, 0.25) is 25.7 Å². The second kappa shape index (κ2) is 8.14. The van der Waals surface area contributed by atoms with Crippen LogP contribution in [-0.2, 0) is 16.3 Å². The van der Waals surface area contributed by atoms with Crippen LogP contribution in [-0.4, -0.2) is 30.1 Å². The van der Waals surface area contributed by atoms with E-state index in [9.17, 15) is 4.79 Å². The standard InChI is InChI=1S/C19H31N3O2Si/c1-6-16(19(20)23)14(2)15-7-8-18-17(11-15)21-12-22(18)13-24-9-10-25(3,4)5/h7-8,11-12,14,16H,6,9-10,13H2,1-5H3,(H2,20,23). The Morgan fingerprint density at radius 3 is 2.68 bits per heavy atom. The number of nitrogens with two attached hydrogens (primary N) is 1. The number of benzene rings is 1. The van der Waals surface area contributed by atoms with Crippen LogP contribution >= 0.6 is 0 Å². The maximum atomic E-state index is 11.6. The molecule has 0 spiro atoms. The number of nitrogens with zero attached hydrogens (tertiary/aromatic N) is 2. The Morgan fingerprint density at radius 1 is 1.36 bits per heavy atom. The van der Waals surface area contributed by atoms with E-state index in [4.69, 9.17) is 10.5 Å². The topological polar surface area (TPSA) is 70.1 Å². The van der Waals surface area contributed by atoms with Crippen molar-refractivity contribution in [1.29, 1.82) is 0 Å². The van der Waals surface area contributed by atoms with Gasteiger partial charge in [-0.25, -0.2) is 4.98 Å². The van der Waals surface area contributed by atoms with Crippen molar-refractivity contribution in [3.05, 3.63) is 30.1 Å². The van der Waals surface area contributed by atoms with Gasteiger partial charge in [0.2, 0.25) is 5.91 Å². The van der Waals surface area contributed by atoms with Crippen LogP contribution in [0.25, 0.3) is 11.0 Å². The zero-order valence-corrected chi connectivity index (χ0v) is 17.1. The summed E-state index contributed by atoms with van der Waals surface area (Å²) >= 11 is 0. The van der Waals surface area contributed by atoms with E-state index >= 15 is 0 Å². The Hall–Kier alpha value is -1.66. The van der Waals surface area contributed by atoms with Gasteiger partial charge in [-0.3, -0.25) is 4.79 Å². The molecule has 6 heteroatoms. The van der Waals surface area contributed by atoms with Crippen LogP contribution < -0.4 is 5.73 Å². The first-order chi connectivity index (χ1) is 11.7. The van der Waals surface area contributed by atoms with Crippen LogP contribution in [0.1, 0.15) is 31.7 Å². The average molecular weight is 362 g/mol. The number of aromatic nitrogens is 2. The molecule has 0 aliphatic carbocycles. The fraction of sp³-hybridized carbons (Fsp3) is 0.579. The fourth-order valence-corrected chi connectivity index (χ4v) is 3.80. The molecule has 2 rings (SSSR count). The highest BCUT2D eigenvalue weighted by Gasteiger charge is 2.23. The predicted octanol–water partition coefficient (Wildman–Crippen LogP) is 3.96. The van der Waals surface area contributed by atoms with Crippen molar-refractivity contribution >= 4 is 25.0 Å². The number of carbonyl (C=O) groups is 1. The van der Waals surface area contributed by atoms with Crippen molar-refractivity contribution < 1.29 is 9.53 Å². The maximum Gasteiger partial charge on any atom is 0.221 e. The number of fused-ring (bicyclic) bond motifs is 1. The van der Waals surface area contributed by atoms with E-state index in [1.807, 2.05) is 17.8 Å². The first kappa shape index (κ1) is 19.7. The van der Waals surface area contributed by atoms with Crippen LogP contribution in [0, 0.1) is 5.92 Å². The normalized spacial score (nSPS) is 14.6. The molecule has 0 radical (unpaired) electrons. The van der Waals surface area contributed by atoms with Gasteiger partial charge >= 0.3 is 0 Å². The Morgan fingerprint density at radius 2 is 2.08 bits per heavy atom. The van der Waals surface area contributed by atoms with Gasteiger partial charge in [0.15, 0.2) is 0 Å². The lowest BCUT2D eigenvalue weighted by atomic mass is 9.85. The van der Waals surface area contributed by atoms with E-state index in [1.165, 1.54) is 0 Å². The molecule has 2 unspecified atom stereocenters. The van der Waals surface area contributed by atoms with Gasteiger partial charge < -0.3 is 15.0 Å². The first-order valence-electron chi connectivity index (χ1n) is 9.04. The first-order valence-corrected chi connectivity index (χ1v) is 12.8. The van der Waals surface area contributed by atoms with E-state index < -0.39 is 8.07 Å². The lowest BCUT2D eigenvalue weighted by Gasteiger charge is -2.20. The van der Waals surface area contributed by atoms with Gasteiger partial charge in [-0.2, -0.15) is 0 Å². The van der Waals surface area contributed by atoms with Crippen molar-refractivity contribution in [1.82, 2.24) is 9.55 Å². The van der Waals surface area contributed by atoms with Crippen LogP contribution in [0.15, 0.2) is 24.5 Å². The molecule has 1 aromatic heterocycles. The van der Waals surface area contributed by atoms with Gasteiger partial charge in [-0.1, -0.05) is 39.6 Å². The van der Waals surface area contributed by atoms with Crippen LogP contribution in [0.5, 0.6) is 0 Å². The summed E-state index contributed by atoms with van der Waals surface area (Å²) in [5, 5.41) is 0. The highest BCUT2D eigenvalue weighted by molar-refractivity contribution is 6.76. The van der Waals surface area contributed by atoms with Gasteiger partial charge in [0.25, 0.3) is 0 Å². The summed E-state index contributed by atoms with van der Waals surface area (Å²) < 4.78 is 7.85. The van der Waals surface area contributed by atoms with Crippen molar-refractivity contribution in [3.63, 3.8) is 0 Å². The molecular weight excluding hydrogens is 330 g/mol. The summed E-state index contributed by atoms with van der Waals surface area (Å²) in [5.41, 5.74) is 8.61. The SMILES string of the molecule is CCC(C(N)=O)C(C)c1ccc2c(c1)ncn2COCC[Si](C)(C)C. The van der Waals surface area contributed by atoms with Gasteiger partial charge in [0, 0.05) is 20.6 Å². The van der Waals surface area contributed by atoms with Gasteiger partial charge in [0.05, 0.1) is 17.4 Å². The molecule has 0 fully saturated rings. The van der Waals surface area contributed by atoms with Gasteiger partial charge in [0.1, 0.15) is 6.73 Å². The predicted molar refractivity (Wildman–Crippen MR) is 105 cm³/mol. The quantitative estimate of drug-likeness (QED) is 0.543. The highest BCUT2D eigenvalue weighted by Crippen LogP contribution is 2.28. The molecule has 0 aliphatic heterocycles. The molecule has 1 heterocycles. The summed E-state index contributed by atoms with van der Waals surface area (Å²) in [6.45, 7) is 12.4. The smallest absolute Gasteiger partial charge is 0.221 e.